The monoisotopic (exact) mass is 460 g/mol. The molecule has 4 rings (SSSR count). The summed E-state index contributed by atoms with van der Waals surface area (Å²) < 4.78 is 59.2. The minimum atomic E-state index is -4.68. The molecule has 8 nitrogen and oxygen atoms in total. The van der Waals surface area contributed by atoms with Gasteiger partial charge in [0.25, 0.3) is 11.6 Å². The third-order valence-electron chi connectivity index (χ3n) is 4.77. The van der Waals surface area contributed by atoms with Gasteiger partial charge in [-0.15, -0.1) is 0 Å². The van der Waals surface area contributed by atoms with Crippen LogP contribution in [0.1, 0.15) is 21.6 Å². The molecule has 0 saturated carbocycles. The Balaban J connectivity index is 1.84. The number of aryl methyl sites for hydroxylation is 1. The van der Waals surface area contributed by atoms with E-state index in [1.54, 1.807) is 0 Å². The number of rotatable bonds is 4. The molecule has 0 aliphatic heterocycles. The van der Waals surface area contributed by atoms with Crippen LogP contribution in [0.2, 0.25) is 0 Å². The fourth-order valence-corrected chi connectivity index (χ4v) is 3.29. The minimum Gasteiger partial charge on any atom is -0.335 e. The lowest BCUT2D eigenvalue weighted by Crippen LogP contribution is -2.14. The molecule has 0 saturated heterocycles. The number of halogens is 4. The number of aromatic nitrogens is 2. The van der Waals surface area contributed by atoms with Crippen molar-refractivity contribution in [3.63, 3.8) is 0 Å². The highest BCUT2D eigenvalue weighted by Gasteiger charge is 2.34. The summed E-state index contributed by atoms with van der Waals surface area (Å²) in [6.07, 6.45) is -4.68. The lowest BCUT2D eigenvalue weighted by atomic mass is 10.0. The van der Waals surface area contributed by atoms with E-state index >= 15 is 0 Å². The zero-order valence-electron chi connectivity index (χ0n) is 16.6. The van der Waals surface area contributed by atoms with Crippen molar-refractivity contribution in [2.45, 2.75) is 13.1 Å². The summed E-state index contributed by atoms with van der Waals surface area (Å²) in [6.45, 7) is 1.51. The van der Waals surface area contributed by atoms with Gasteiger partial charge in [0.2, 0.25) is 5.82 Å². The number of carbonyl (C=O) groups is 1. The van der Waals surface area contributed by atoms with Gasteiger partial charge < -0.3 is 9.84 Å². The molecule has 1 N–H and O–H groups in total. The van der Waals surface area contributed by atoms with E-state index < -0.39 is 34.1 Å². The zero-order valence-corrected chi connectivity index (χ0v) is 16.6. The second-order valence-electron chi connectivity index (χ2n) is 6.92. The van der Waals surface area contributed by atoms with E-state index in [4.69, 9.17) is 4.52 Å². The quantitative estimate of drug-likeness (QED) is 0.244. The van der Waals surface area contributed by atoms with Crippen molar-refractivity contribution < 1.29 is 31.8 Å². The van der Waals surface area contributed by atoms with Crippen molar-refractivity contribution in [2.75, 3.05) is 5.32 Å². The Hall–Kier alpha value is -4.35. The molecule has 0 unspecified atom stereocenters. The molecule has 2 aromatic carbocycles. The molecule has 0 atom stereocenters. The fraction of sp³-hybridized carbons (Fsp3) is 0.0952. The van der Waals surface area contributed by atoms with Gasteiger partial charge in [0.1, 0.15) is 0 Å². The van der Waals surface area contributed by atoms with Gasteiger partial charge in [-0.1, -0.05) is 23.4 Å². The average Bonchev–Trinajstić information content (AvgIpc) is 3.14. The highest BCUT2D eigenvalue weighted by atomic mass is 19.4. The van der Waals surface area contributed by atoms with Crippen molar-refractivity contribution in [1.29, 1.82) is 0 Å². The summed E-state index contributed by atoms with van der Waals surface area (Å²) in [6, 6.07) is 8.58. The number of nitro benzene ring substituents is 1. The maximum absolute atomic E-state index is 13.6. The van der Waals surface area contributed by atoms with Crippen LogP contribution in [0.25, 0.3) is 22.4 Å². The van der Waals surface area contributed by atoms with Crippen molar-refractivity contribution in [3.8, 4) is 11.3 Å². The molecule has 2 heterocycles. The third-order valence-corrected chi connectivity index (χ3v) is 4.77. The largest absolute Gasteiger partial charge is 0.417 e. The molecule has 33 heavy (non-hydrogen) atoms. The van der Waals surface area contributed by atoms with Gasteiger partial charge in [0.05, 0.1) is 32.8 Å². The lowest BCUT2D eigenvalue weighted by Gasteiger charge is -2.13. The van der Waals surface area contributed by atoms with E-state index in [-0.39, 0.29) is 39.3 Å². The first-order valence-electron chi connectivity index (χ1n) is 9.25. The van der Waals surface area contributed by atoms with E-state index in [0.29, 0.717) is 0 Å². The average molecular weight is 460 g/mol. The molecular weight excluding hydrogens is 448 g/mol. The van der Waals surface area contributed by atoms with Crippen LogP contribution in [0.4, 0.5) is 28.9 Å². The predicted molar refractivity (Wildman–Crippen MR) is 108 cm³/mol. The summed E-state index contributed by atoms with van der Waals surface area (Å²) in [5.41, 5.74) is -2.43. The Morgan fingerprint density at radius 1 is 1.15 bits per heavy atom. The molecule has 4 aromatic rings. The number of nitro groups is 1. The summed E-state index contributed by atoms with van der Waals surface area (Å²) >= 11 is 0. The number of hydrogen-bond acceptors (Lipinski definition) is 6. The lowest BCUT2D eigenvalue weighted by molar-refractivity contribution is -0.387. The standard InChI is InChI=1S/C21H12F4N4O4/c1-10-18-13(19(30)26-11-6-7-15(22)17(8-11)29(31)32)9-16(27-20(18)33-28-10)12-4-2-3-5-14(12)21(23,24)25/h2-9H,1H3,(H,26,30). The first kappa shape index (κ1) is 21.9. The van der Waals surface area contributed by atoms with Gasteiger partial charge in [-0.2, -0.15) is 17.6 Å². The highest BCUT2D eigenvalue weighted by molar-refractivity contribution is 6.13. The predicted octanol–water partition coefficient (Wildman–Crippen LogP) is 5.52. The number of nitrogens with zero attached hydrogens (tertiary/aromatic N) is 3. The molecule has 0 spiro atoms. The van der Waals surface area contributed by atoms with Crippen molar-refractivity contribution in [3.05, 3.63) is 81.3 Å². The maximum Gasteiger partial charge on any atom is 0.417 e. The molecule has 2 aromatic heterocycles. The number of pyridine rings is 1. The van der Waals surface area contributed by atoms with Crippen LogP contribution < -0.4 is 5.32 Å². The molecule has 0 aliphatic rings. The molecule has 0 bridgehead atoms. The zero-order chi connectivity index (χ0) is 23.9. The maximum atomic E-state index is 13.6. The molecular formula is C21H12F4N4O4. The number of benzene rings is 2. The Morgan fingerprint density at radius 3 is 2.58 bits per heavy atom. The Bertz CT molecular complexity index is 1420. The van der Waals surface area contributed by atoms with E-state index in [0.717, 1.165) is 30.3 Å². The molecule has 0 aliphatic carbocycles. The van der Waals surface area contributed by atoms with Crippen molar-refractivity contribution in [1.82, 2.24) is 10.1 Å². The Kier molecular flexibility index (Phi) is 5.28. The van der Waals surface area contributed by atoms with Crippen LogP contribution in [-0.4, -0.2) is 21.0 Å². The molecule has 0 radical (unpaired) electrons. The van der Waals surface area contributed by atoms with Crippen LogP contribution in [0, 0.1) is 22.9 Å². The number of amides is 1. The van der Waals surface area contributed by atoms with E-state index in [1.807, 2.05) is 0 Å². The van der Waals surface area contributed by atoms with Gasteiger partial charge in [0, 0.05) is 17.3 Å². The van der Waals surface area contributed by atoms with Crippen LogP contribution in [0.15, 0.2) is 53.1 Å². The first-order chi connectivity index (χ1) is 15.6. The third kappa shape index (κ3) is 4.10. The summed E-state index contributed by atoms with van der Waals surface area (Å²) in [5, 5.41) is 17.2. The fourth-order valence-electron chi connectivity index (χ4n) is 3.29. The van der Waals surface area contributed by atoms with Gasteiger partial charge >= 0.3 is 11.9 Å². The second-order valence-corrected chi connectivity index (χ2v) is 6.92. The summed E-state index contributed by atoms with van der Waals surface area (Å²) in [7, 11) is 0. The normalized spacial score (nSPS) is 11.5. The van der Waals surface area contributed by atoms with Gasteiger partial charge in [-0.3, -0.25) is 14.9 Å². The highest BCUT2D eigenvalue weighted by Crippen LogP contribution is 2.37. The number of carbonyl (C=O) groups excluding carboxylic acids is 1. The topological polar surface area (TPSA) is 111 Å². The SMILES string of the molecule is Cc1noc2nc(-c3ccccc3C(F)(F)F)cc(C(=O)Nc3ccc(F)c([N+](=O)[O-])c3)c12. The van der Waals surface area contributed by atoms with Crippen LogP contribution in [0.3, 0.4) is 0 Å². The number of anilines is 1. The number of alkyl halides is 3. The van der Waals surface area contributed by atoms with Gasteiger partial charge in [-0.25, -0.2) is 4.98 Å². The van der Waals surface area contributed by atoms with E-state index in [9.17, 15) is 32.5 Å². The molecule has 1 amide bonds. The molecule has 12 heteroatoms. The minimum absolute atomic E-state index is 0.0931. The van der Waals surface area contributed by atoms with E-state index in [1.165, 1.54) is 25.1 Å². The van der Waals surface area contributed by atoms with Crippen LogP contribution in [-0.2, 0) is 6.18 Å². The number of nitrogens with one attached hydrogen (secondary N) is 1. The molecule has 168 valence electrons. The smallest absolute Gasteiger partial charge is 0.335 e. The Morgan fingerprint density at radius 2 is 1.88 bits per heavy atom. The summed E-state index contributed by atoms with van der Waals surface area (Å²) in [4.78, 5) is 27.1. The number of fused-ring (bicyclic) bond motifs is 1. The number of hydrogen-bond donors (Lipinski definition) is 1. The van der Waals surface area contributed by atoms with Gasteiger partial charge in [-0.05, 0) is 31.2 Å². The van der Waals surface area contributed by atoms with Crippen LogP contribution >= 0.6 is 0 Å². The van der Waals surface area contributed by atoms with Crippen LogP contribution in [0.5, 0.6) is 0 Å². The molecule has 0 fully saturated rings. The van der Waals surface area contributed by atoms with E-state index in [2.05, 4.69) is 15.5 Å². The second kappa shape index (κ2) is 7.97. The van der Waals surface area contributed by atoms with Crippen molar-refractivity contribution >= 4 is 28.4 Å². The first-order valence-corrected chi connectivity index (χ1v) is 9.25. The summed E-state index contributed by atoms with van der Waals surface area (Å²) in [5.74, 6) is -1.93. The Labute approximate surface area is 182 Å². The van der Waals surface area contributed by atoms with Crippen molar-refractivity contribution in [2.24, 2.45) is 0 Å². The van der Waals surface area contributed by atoms with Gasteiger partial charge in [0.15, 0.2) is 0 Å².